The van der Waals surface area contributed by atoms with Crippen molar-refractivity contribution in [3.8, 4) is 22.6 Å². The summed E-state index contributed by atoms with van der Waals surface area (Å²) < 4.78 is 11.6. The van der Waals surface area contributed by atoms with E-state index in [2.05, 4.69) is 29.6 Å². The van der Waals surface area contributed by atoms with Gasteiger partial charge < -0.3 is 14.8 Å². The Morgan fingerprint density at radius 1 is 1.14 bits per heavy atom. The van der Waals surface area contributed by atoms with E-state index < -0.39 is 0 Å². The molecule has 1 heterocycles. The minimum atomic E-state index is 0.0957. The highest BCUT2D eigenvalue weighted by atomic mass is 16.5. The smallest absolute Gasteiger partial charge is 0.128 e. The Morgan fingerprint density at radius 3 is 2.81 bits per heavy atom. The van der Waals surface area contributed by atoms with E-state index in [0.29, 0.717) is 0 Å². The van der Waals surface area contributed by atoms with Gasteiger partial charge in [0.2, 0.25) is 0 Å². The molecule has 0 aromatic heterocycles. The van der Waals surface area contributed by atoms with E-state index in [4.69, 9.17) is 9.47 Å². The SMILES string of the molecule is CNCCCC1Oc2ccccc2-c2ccc(OC)cc21. The van der Waals surface area contributed by atoms with Crippen LogP contribution in [0.4, 0.5) is 0 Å². The first kappa shape index (κ1) is 14.0. The molecule has 1 atom stereocenters. The first-order chi connectivity index (χ1) is 10.3. The molecule has 3 rings (SSSR count). The van der Waals surface area contributed by atoms with Crippen molar-refractivity contribution in [2.75, 3.05) is 20.7 Å². The summed E-state index contributed by atoms with van der Waals surface area (Å²) in [4.78, 5) is 0. The van der Waals surface area contributed by atoms with Crippen LogP contribution in [-0.4, -0.2) is 20.7 Å². The van der Waals surface area contributed by atoms with Crippen molar-refractivity contribution < 1.29 is 9.47 Å². The average molecular weight is 283 g/mol. The van der Waals surface area contributed by atoms with Crippen molar-refractivity contribution in [2.24, 2.45) is 0 Å². The number of para-hydroxylation sites is 1. The minimum absolute atomic E-state index is 0.0957. The molecule has 0 amide bonds. The summed E-state index contributed by atoms with van der Waals surface area (Å²) in [6.07, 6.45) is 2.17. The molecule has 0 radical (unpaired) electrons. The fraction of sp³-hybridized carbons (Fsp3) is 0.333. The molecule has 1 aliphatic heterocycles. The van der Waals surface area contributed by atoms with Crippen LogP contribution in [0.25, 0.3) is 11.1 Å². The number of hydrogen-bond acceptors (Lipinski definition) is 3. The monoisotopic (exact) mass is 283 g/mol. The van der Waals surface area contributed by atoms with Crippen molar-refractivity contribution in [1.29, 1.82) is 0 Å². The molecule has 0 bridgehead atoms. The van der Waals surface area contributed by atoms with E-state index >= 15 is 0 Å². The summed E-state index contributed by atoms with van der Waals surface area (Å²) in [6, 6.07) is 14.5. The number of rotatable bonds is 5. The Balaban J connectivity index is 1.99. The summed E-state index contributed by atoms with van der Waals surface area (Å²) >= 11 is 0. The molecule has 1 unspecified atom stereocenters. The fourth-order valence-electron chi connectivity index (χ4n) is 2.87. The molecule has 1 N–H and O–H groups in total. The molecular formula is C18H21NO2. The van der Waals surface area contributed by atoms with Gasteiger partial charge in [-0.1, -0.05) is 24.3 Å². The number of ether oxygens (including phenoxy) is 2. The van der Waals surface area contributed by atoms with Crippen LogP contribution in [0.2, 0.25) is 0 Å². The Bertz CT molecular complexity index is 624. The quantitative estimate of drug-likeness (QED) is 0.847. The zero-order chi connectivity index (χ0) is 14.7. The van der Waals surface area contributed by atoms with Crippen LogP contribution in [0.3, 0.4) is 0 Å². The van der Waals surface area contributed by atoms with Gasteiger partial charge in [0, 0.05) is 11.1 Å². The highest BCUT2D eigenvalue weighted by Gasteiger charge is 2.25. The molecule has 0 saturated heterocycles. The molecule has 0 fully saturated rings. The highest BCUT2D eigenvalue weighted by molar-refractivity contribution is 5.76. The molecule has 2 aromatic carbocycles. The normalized spacial score (nSPS) is 15.8. The second kappa shape index (κ2) is 6.19. The van der Waals surface area contributed by atoms with Crippen molar-refractivity contribution in [2.45, 2.75) is 18.9 Å². The number of hydrogen-bond donors (Lipinski definition) is 1. The first-order valence-electron chi connectivity index (χ1n) is 7.42. The van der Waals surface area contributed by atoms with Crippen molar-refractivity contribution in [1.82, 2.24) is 5.32 Å². The summed E-state index contributed by atoms with van der Waals surface area (Å²) in [7, 11) is 3.68. The van der Waals surface area contributed by atoms with Gasteiger partial charge in [-0.25, -0.2) is 0 Å². The van der Waals surface area contributed by atoms with Crippen LogP contribution in [0.15, 0.2) is 42.5 Å². The third kappa shape index (κ3) is 2.74. The number of nitrogens with one attached hydrogen (secondary N) is 1. The van der Waals surface area contributed by atoms with Crippen LogP contribution < -0.4 is 14.8 Å². The van der Waals surface area contributed by atoms with Gasteiger partial charge in [0.25, 0.3) is 0 Å². The maximum Gasteiger partial charge on any atom is 0.128 e. The Morgan fingerprint density at radius 2 is 2.00 bits per heavy atom. The summed E-state index contributed by atoms with van der Waals surface area (Å²) in [5, 5.41) is 3.19. The van der Waals surface area contributed by atoms with E-state index in [-0.39, 0.29) is 6.10 Å². The standard InChI is InChI=1S/C18H21NO2/c1-19-11-5-8-18-16-12-13(20-2)9-10-14(16)15-6-3-4-7-17(15)21-18/h3-4,6-7,9-10,12,18-19H,5,8,11H2,1-2H3. The zero-order valence-corrected chi connectivity index (χ0v) is 12.6. The molecular weight excluding hydrogens is 262 g/mol. The minimum Gasteiger partial charge on any atom is -0.497 e. The zero-order valence-electron chi connectivity index (χ0n) is 12.6. The number of fused-ring (bicyclic) bond motifs is 3. The molecule has 1 aliphatic rings. The topological polar surface area (TPSA) is 30.5 Å². The maximum atomic E-state index is 6.22. The van der Waals surface area contributed by atoms with Crippen molar-refractivity contribution in [3.05, 3.63) is 48.0 Å². The van der Waals surface area contributed by atoms with Crippen LogP contribution in [0, 0.1) is 0 Å². The largest absolute Gasteiger partial charge is 0.497 e. The first-order valence-corrected chi connectivity index (χ1v) is 7.42. The highest BCUT2D eigenvalue weighted by Crippen LogP contribution is 2.44. The summed E-state index contributed by atoms with van der Waals surface area (Å²) in [6.45, 7) is 1.00. The van der Waals surface area contributed by atoms with E-state index in [1.807, 2.05) is 25.2 Å². The average Bonchev–Trinajstić information content (AvgIpc) is 2.54. The number of benzene rings is 2. The molecule has 0 spiro atoms. The molecule has 3 heteroatoms. The lowest BCUT2D eigenvalue weighted by molar-refractivity contribution is 0.188. The Hall–Kier alpha value is -2.00. The predicted octanol–water partition coefficient (Wildman–Crippen LogP) is 3.80. The Labute approximate surface area is 125 Å². The lowest BCUT2D eigenvalue weighted by atomic mass is 9.91. The summed E-state index contributed by atoms with van der Waals surface area (Å²) in [5.41, 5.74) is 3.65. The van der Waals surface area contributed by atoms with E-state index in [1.54, 1.807) is 7.11 Å². The molecule has 0 aliphatic carbocycles. The van der Waals surface area contributed by atoms with Crippen LogP contribution >= 0.6 is 0 Å². The molecule has 2 aromatic rings. The van der Waals surface area contributed by atoms with Gasteiger partial charge >= 0.3 is 0 Å². The van der Waals surface area contributed by atoms with Gasteiger partial charge in [0.15, 0.2) is 0 Å². The second-order valence-electron chi connectivity index (χ2n) is 5.30. The third-order valence-corrected chi connectivity index (χ3v) is 3.95. The lowest BCUT2D eigenvalue weighted by Gasteiger charge is -2.29. The maximum absolute atomic E-state index is 6.22. The van der Waals surface area contributed by atoms with E-state index in [9.17, 15) is 0 Å². The number of methoxy groups -OCH3 is 1. The fourth-order valence-corrected chi connectivity index (χ4v) is 2.87. The third-order valence-electron chi connectivity index (χ3n) is 3.95. The molecule has 110 valence electrons. The lowest BCUT2D eigenvalue weighted by Crippen LogP contribution is -2.16. The van der Waals surface area contributed by atoms with Gasteiger partial charge in [0.05, 0.1) is 7.11 Å². The van der Waals surface area contributed by atoms with Crippen LogP contribution in [0.1, 0.15) is 24.5 Å². The second-order valence-corrected chi connectivity index (χ2v) is 5.30. The van der Waals surface area contributed by atoms with Crippen molar-refractivity contribution >= 4 is 0 Å². The summed E-state index contributed by atoms with van der Waals surface area (Å²) in [5.74, 6) is 1.86. The Kier molecular flexibility index (Phi) is 4.11. The van der Waals surface area contributed by atoms with Crippen LogP contribution in [0.5, 0.6) is 11.5 Å². The van der Waals surface area contributed by atoms with Gasteiger partial charge in [0.1, 0.15) is 17.6 Å². The molecule has 21 heavy (non-hydrogen) atoms. The molecule has 3 nitrogen and oxygen atoms in total. The van der Waals surface area contributed by atoms with Gasteiger partial charge in [-0.15, -0.1) is 0 Å². The van der Waals surface area contributed by atoms with Gasteiger partial charge in [-0.2, -0.15) is 0 Å². The predicted molar refractivity (Wildman–Crippen MR) is 85.0 cm³/mol. The molecule has 0 saturated carbocycles. The van der Waals surface area contributed by atoms with Gasteiger partial charge in [-0.05, 0) is 50.2 Å². The van der Waals surface area contributed by atoms with Crippen molar-refractivity contribution in [3.63, 3.8) is 0 Å². The van der Waals surface area contributed by atoms with Gasteiger partial charge in [-0.3, -0.25) is 0 Å². The van der Waals surface area contributed by atoms with Crippen LogP contribution in [-0.2, 0) is 0 Å². The van der Waals surface area contributed by atoms with E-state index in [1.165, 1.54) is 16.7 Å². The van der Waals surface area contributed by atoms with E-state index in [0.717, 1.165) is 30.9 Å².